The van der Waals surface area contributed by atoms with Crippen LogP contribution in [0.5, 0.6) is 0 Å². The molecule has 0 spiro atoms. The van der Waals surface area contributed by atoms with Crippen LogP contribution in [0.25, 0.3) is 0 Å². The molecular weight excluding hydrogens is 313 g/mol. The summed E-state index contributed by atoms with van der Waals surface area (Å²) in [6, 6.07) is 3.73. The fourth-order valence-electron chi connectivity index (χ4n) is 1.75. The predicted octanol–water partition coefficient (Wildman–Crippen LogP) is 2.42. The highest BCUT2D eigenvalue weighted by molar-refractivity contribution is 6.42. The smallest absolute Gasteiger partial charge is 0.242 e. The van der Waals surface area contributed by atoms with Gasteiger partial charge in [-0.15, -0.1) is 0 Å². The molecule has 5 nitrogen and oxygen atoms in total. The first-order valence-corrected chi connectivity index (χ1v) is 7.29. The van der Waals surface area contributed by atoms with Crippen LogP contribution in [0.2, 0.25) is 10.0 Å². The van der Waals surface area contributed by atoms with E-state index in [1.165, 1.54) is 0 Å². The molecule has 2 unspecified atom stereocenters. The molecule has 116 valence electrons. The van der Waals surface area contributed by atoms with Crippen molar-refractivity contribution in [2.24, 2.45) is 11.7 Å². The van der Waals surface area contributed by atoms with Crippen LogP contribution >= 0.6 is 23.2 Å². The molecule has 4 N–H and O–H groups in total. The Balaban J connectivity index is 2.69. The average molecular weight is 332 g/mol. The Morgan fingerprint density at radius 1 is 1.14 bits per heavy atom. The second kappa shape index (κ2) is 7.52. The standard InChI is InChI=1S/C14H19Cl2N3O2/c1-7(2)12(13(17)20)19-14(21)8(3)18-9-4-5-10(15)11(16)6-9/h4-8,12,18H,1-3H3,(H2,17,20)(H,19,21). The van der Waals surface area contributed by atoms with Crippen molar-refractivity contribution in [3.63, 3.8) is 0 Å². The molecule has 1 aromatic carbocycles. The van der Waals surface area contributed by atoms with Gasteiger partial charge in [0.1, 0.15) is 12.1 Å². The SMILES string of the molecule is CC(Nc1ccc(Cl)c(Cl)c1)C(=O)NC(C(N)=O)C(C)C. The summed E-state index contributed by atoms with van der Waals surface area (Å²) in [4.78, 5) is 23.4. The number of hydrogen-bond donors (Lipinski definition) is 3. The lowest BCUT2D eigenvalue weighted by atomic mass is 10.0. The third kappa shape index (κ3) is 5.10. The molecule has 0 aliphatic heterocycles. The van der Waals surface area contributed by atoms with Crippen LogP contribution in [0, 0.1) is 5.92 Å². The van der Waals surface area contributed by atoms with Crippen LogP contribution in [-0.4, -0.2) is 23.9 Å². The topological polar surface area (TPSA) is 84.2 Å². The molecule has 1 rings (SSSR count). The van der Waals surface area contributed by atoms with Crippen molar-refractivity contribution in [2.45, 2.75) is 32.9 Å². The molecule has 0 radical (unpaired) electrons. The third-order valence-corrected chi connectivity index (χ3v) is 3.71. The van der Waals surface area contributed by atoms with E-state index >= 15 is 0 Å². The number of amides is 2. The van der Waals surface area contributed by atoms with Crippen molar-refractivity contribution in [1.29, 1.82) is 0 Å². The van der Waals surface area contributed by atoms with Gasteiger partial charge >= 0.3 is 0 Å². The molecular formula is C14H19Cl2N3O2. The zero-order valence-electron chi connectivity index (χ0n) is 12.1. The monoisotopic (exact) mass is 331 g/mol. The van der Waals surface area contributed by atoms with Crippen molar-refractivity contribution in [1.82, 2.24) is 5.32 Å². The van der Waals surface area contributed by atoms with Crippen LogP contribution in [0.1, 0.15) is 20.8 Å². The molecule has 0 aromatic heterocycles. The summed E-state index contributed by atoms with van der Waals surface area (Å²) in [6.45, 7) is 5.30. The molecule has 0 aliphatic carbocycles. The van der Waals surface area contributed by atoms with Crippen LogP contribution in [0.3, 0.4) is 0 Å². The number of nitrogens with one attached hydrogen (secondary N) is 2. The number of primary amides is 1. The van der Waals surface area contributed by atoms with E-state index in [-0.39, 0.29) is 11.8 Å². The molecule has 7 heteroatoms. The zero-order chi connectivity index (χ0) is 16.2. The molecule has 2 amide bonds. The minimum absolute atomic E-state index is 0.0800. The molecule has 0 heterocycles. The first kappa shape index (κ1) is 17.6. The fraction of sp³-hybridized carbons (Fsp3) is 0.429. The Labute approximate surface area is 134 Å². The predicted molar refractivity (Wildman–Crippen MR) is 85.5 cm³/mol. The molecule has 2 atom stereocenters. The largest absolute Gasteiger partial charge is 0.374 e. The van der Waals surface area contributed by atoms with E-state index in [0.29, 0.717) is 15.7 Å². The Morgan fingerprint density at radius 2 is 1.76 bits per heavy atom. The van der Waals surface area contributed by atoms with Gasteiger partial charge in [0.25, 0.3) is 0 Å². The lowest BCUT2D eigenvalue weighted by molar-refractivity contribution is -0.128. The van der Waals surface area contributed by atoms with E-state index < -0.39 is 18.0 Å². The minimum Gasteiger partial charge on any atom is -0.374 e. The highest BCUT2D eigenvalue weighted by Crippen LogP contribution is 2.25. The van der Waals surface area contributed by atoms with E-state index in [4.69, 9.17) is 28.9 Å². The number of carbonyl (C=O) groups excluding carboxylic acids is 2. The normalized spacial score (nSPS) is 13.6. The van der Waals surface area contributed by atoms with Gasteiger partial charge in [0.05, 0.1) is 10.0 Å². The lowest BCUT2D eigenvalue weighted by Gasteiger charge is -2.22. The van der Waals surface area contributed by atoms with Crippen molar-refractivity contribution in [3.8, 4) is 0 Å². The number of carbonyl (C=O) groups is 2. The van der Waals surface area contributed by atoms with Gasteiger partial charge in [-0.25, -0.2) is 0 Å². The zero-order valence-corrected chi connectivity index (χ0v) is 13.6. The Kier molecular flexibility index (Phi) is 6.30. The number of nitrogens with two attached hydrogens (primary N) is 1. The molecule has 1 aromatic rings. The number of halogens is 2. The highest BCUT2D eigenvalue weighted by Gasteiger charge is 2.24. The van der Waals surface area contributed by atoms with Gasteiger partial charge in [-0.05, 0) is 31.0 Å². The summed E-state index contributed by atoms with van der Waals surface area (Å²) in [5.41, 5.74) is 5.93. The van der Waals surface area contributed by atoms with Gasteiger partial charge in [-0.1, -0.05) is 37.0 Å². The van der Waals surface area contributed by atoms with Crippen LogP contribution in [0.4, 0.5) is 5.69 Å². The summed E-state index contributed by atoms with van der Waals surface area (Å²) in [5, 5.41) is 6.45. The third-order valence-electron chi connectivity index (χ3n) is 2.97. The maximum atomic E-state index is 12.1. The van der Waals surface area contributed by atoms with Crippen molar-refractivity contribution < 1.29 is 9.59 Å². The van der Waals surface area contributed by atoms with Gasteiger partial charge in [0, 0.05) is 5.69 Å². The van der Waals surface area contributed by atoms with Gasteiger partial charge in [0.15, 0.2) is 0 Å². The Hall–Kier alpha value is -1.46. The fourth-order valence-corrected chi connectivity index (χ4v) is 2.04. The van der Waals surface area contributed by atoms with E-state index in [1.54, 1.807) is 25.1 Å². The van der Waals surface area contributed by atoms with Gasteiger partial charge < -0.3 is 16.4 Å². The second-order valence-electron chi connectivity index (χ2n) is 5.13. The second-order valence-corrected chi connectivity index (χ2v) is 5.94. The molecule has 0 aliphatic rings. The maximum absolute atomic E-state index is 12.1. The minimum atomic E-state index is -0.699. The van der Waals surface area contributed by atoms with Crippen LogP contribution in [0.15, 0.2) is 18.2 Å². The van der Waals surface area contributed by atoms with Crippen molar-refractivity contribution in [3.05, 3.63) is 28.2 Å². The highest BCUT2D eigenvalue weighted by atomic mass is 35.5. The summed E-state index contributed by atoms with van der Waals surface area (Å²) in [5.74, 6) is -0.956. The van der Waals surface area contributed by atoms with Crippen molar-refractivity contribution >= 4 is 40.7 Å². The summed E-state index contributed by atoms with van der Waals surface area (Å²) in [6.07, 6.45) is 0. The summed E-state index contributed by atoms with van der Waals surface area (Å²) < 4.78 is 0. The molecule has 0 saturated heterocycles. The summed E-state index contributed by atoms with van der Waals surface area (Å²) in [7, 11) is 0. The van der Waals surface area contributed by atoms with Gasteiger partial charge in [-0.2, -0.15) is 0 Å². The molecule has 0 saturated carbocycles. The maximum Gasteiger partial charge on any atom is 0.242 e. The molecule has 0 bridgehead atoms. The van der Waals surface area contributed by atoms with Gasteiger partial charge in [0.2, 0.25) is 11.8 Å². The lowest BCUT2D eigenvalue weighted by Crippen LogP contribution is -2.51. The summed E-state index contributed by atoms with van der Waals surface area (Å²) >= 11 is 11.7. The number of anilines is 1. The average Bonchev–Trinajstić information content (AvgIpc) is 2.39. The van der Waals surface area contributed by atoms with E-state index in [0.717, 1.165) is 0 Å². The number of hydrogen-bond acceptors (Lipinski definition) is 3. The van der Waals surface area contributed by atoms with E-state index in [2.05, 4.69) is 10.6 Å². The van der Waals surface area contributed by atoms with Crippen LogP contribution in [-0.2, 0) is 9.59 Å². The van der Waals surface area contributed by atoms with Crippen LogP contribution < -0.4 is 16.4 Å². The molecule has 21 heavy (non-hydrogen) atoms. The van der Waals surface area contributed by atoms with E-state index in [9.17, 15) is 9.59 Å². The Bertz CT molecular complexity index is 535. The quantitative estimate of drug-likeness (QED) is 0.748. The molecule has 0 fully saturated rings. The first-order valence-electron chi connectivity index (χ1n) is 6.53. The number of rotatable bonds is 6. The first-order chi connectivity index (χ1) is 9.72. The van der Waals surface area contributed by atoms with E-state index in [1.807, 2.05) is 13.8 Å². The van der Waals surface area contributed by atoms with Crippen molar-refractivity contribution in [2.75, 3.05) is 5.32 Å². The number of benzene rings is 1. The van der Waals surface area contributed by atoms with Gasteiger partial charge in [-0.3, -0.25) is 9.59 Å². The Morgan fingerprint density at radius 3 is 2.24 bits per heavy atom.